The third-order valence-electron chi connectivity index (χ3n) is 3.81. The zero-order valence-electron chi connectivity index (χ0n) is 15.1. The fourth-order valence-electron chi connectivity index (χ4n) is 2.59. The van der Waals surface area contributed by atoms with E-state index in [1.165, 1.54) is 0 Å². The molecule has 3 aromatic rings. The molecule has 1 heterocycles. The fraction of sp³-hybridized carbons (Fsp3) is 0.0952. The molecule has 2 amide bonds. The van der Waals surface area contributed by atoms with Gasteiger partial charge in [-0.25, -0.2) is 0 Å². The number of nitrogens with one attached hydrogen (secondary N) is 2. The van der Waals surface area contributed by atoms with Crippen LogP contribution in [0.4, 0.5) is 11.4 Å². The van der Waals surface area contributed by atoms with Gasteiger partial charge in [-0.1, -0.05) is 24.3 Å². The summed E-state index contributed by atoms with van der Waals surface area (Å²) < 4.78 is 6.42. The van der Waals surface area contributed by atoms with Crippen molar-refractivity contribution in [3.05, 3.63) is 81.7 Å². The Morgan fingerprint density at radius 3 is 2.39 bits per heavy atom. The highest BCUT2D eigenvalue weighted by Gasteiger charge is 2.17. The summed E-state index contributed by atoms with van der Waals surface area (Å²) in [5, 5.41) is 5.61. The summed E-state index contributed by atoms with van der Waals surface area (Å²) in [4.78, 5) is 29.5. The molecule has 7 heteroatoms. The van der Waals surface area contributed by atoms with Crippen LogP contribution in [0.3, 0.4) is 0 Å². The number of carbonyl (C=O) groups is 2. The number of anilines is 2. The average molecular weight is 487 g/mol. The molecule has 0 saturated heterocycles. The summed E-state index contributed by atoms with van der Waals surface area (Å²) in [7, 11) is 0. The summed E-state index contributed by atoms with van der Waals surface area (Å²) in [6, 6.07) is 15.6. The highest BCUT2D eigenvalue weighted by molar-refractivity contribution is 14.1. The smallest absolute Gasteiger partial charge is 0.259 e. The van der Waals surface area contributed by atoms with Crippen molar-refractivity contribution in [1.29, 1.82) is 0 Å². The minimum atomic E-state index is -0.347. The number of amides is 2. The normalized spacial score (nSPS) is 10.2. The van der Waals surface area contributed by atoms with Crippen LogP contribution in [-0.2, 0) is 0 Å². The van der Waals surface area contributed by atoms with E-state index < -0.39 is 0 Å². The highest BCUT2D eigenvalue weighted by Crippen LogP contribution is 2.22. The first-order valence-electron chi connectivity index (χ1n) is 8.62. The zero-order chi connectivity index (χ0) is 19.9. The summed E-state index contributed by atoms with van der Waals surface area (Å²) in [5.74, 6) is -0.188. The molecule has 142 valence electrons. The number of pyridine rings is 1. The van der Waals surface area contributed by atoms with Crippen LogP contribution in [0.2, 0.25) is 0 Å². The molecule has 2 N–H and O–H groups in total. The van der Waals surface area contributed by atoms with Gasteiger partial charge in [-0.05, 0) is 59.8 Å². The van der Waals surface area contributed by atoms with Crippen LogP contribution in [0.25, 0.3) is 0 Å². The quantitative estimate of drug-likeness (QED) is 0.499. The number of halogens is 1. The SMILES string of the molecule is CCOc1ccccc1C(=O)Nc1ccccc1C(=O)Nc1cncc(I)c1. The number of carbonyl (C=O) groups excluding carboxylic acids is 2. The van der Waals surface area contributed by atoms with Gasteiger partial charge < -0.3 is 15.4 Å². The third-order valence-corrected chi connectivity index (χ3v) is 4.40. The molecule has 2 aromatic carbocycles. The summed E-state index contributed by atoms with van der Waals surface area (Å²) in [6.07, 6.45) is 3.26. The van der Waals surface area contributed by atoms with E-state index in [4.69, 9.17) is 4.74 Å². The minimum absolute atomic E-state index is 0.335. The van der Waals surface area contributed by atoms with Crippen LogP contribution >= 0.6 is 22.6 Å². The molecule has 0 saturated carbocycles. The maximum absolute atomic E-state index is 12.8. The van der Waals surface area contributed by atoms with E-state index in [9.17, 15) is 9.59 Å². The van der Waals surface area contributed by atoms with E-state index in [0.29, 0.717) is 34.9 Å². The standard InChI is InChI=1S/C21H18IN3O3/c1-2-28-19-10-6-4-8-17(19)21(27)25-18-9-5-3-7-16(18)20(26)24-15-11-14(22)12-23-13-15/h3-13H,2H2,1H3,(H,24,26)(H,25,27). The Morgan fingerprint density at radius 1 is 0.964 bits per heavy atom. The Kier molecular flexibility index (Phi) is 6.59. The van der Waals surface area contributed by atoms with Gasteiger partial charge in [0.2, 0.25) is 0 Å². The Labute approximate surface area is 176 Å². The molecular weight excluding hydrogens is 469 g/mol. The fourth-order valence-corrected chi connectivity index (χ4v) is 3.09. The molecule has 0 fully saturated rings. The van der Waals surface area contributed by atoms with Crippen LogP contribution < -0.4 is 15.4 Å². The molecule has 0 unspecified atom stereocenters. The third kappa shape index (κ3) is 4.86. The van der Waals surface area contributed by atoms with Gasteiger partial charge in [-0.2, -0.15) is 0 Å². The topological polar surface area (TPSA) is 80.3 Å². The van der Waals surface area contributed by atoms with Crippen LogP contribution in [0, 0.1) is 3.57 Å². The van der Waals surface area contributed by atoms with Crippen molar-refractivity contribution in [2.24, 2.45) is 0 Å². The van der Waals surface area contributed by atoms with Gasteiger partial charge in [-0.15, -0.1) is 0 Å². The molecule has 0 bridgehead atoms. The van der Waals surface area contributed by atoms with Crippen LogP contribution in [-0.4, -0.2) is 23.4 Å². The summed E-state index contributed by atoms with van der Waals surface area (Å²) >= 11 is 2.12. The van der Waals surface area contributed by atoms with Gasteiger partial charge in [0.15, 0.2) is 0 Å². The van der Waals surface area contributed by atoms with E-state index in [1.807, 2.05) is 13.0 Å². The molecule has 0 spiro atoms. The van der Waals surface area contributed by atoms with Gasteiger partial charge in [0.25, 0.3) is 11.8 Å². The monoisotopic (exact) mass is 487 g/mol. The molecule has 0 aliphatic heterocycles. The van der Waals surface area contributed by atoms with Crippen molar-refractivity contribution in [1.82, 2.24) is 4.98 Å². The largest absolute Gasteiger partial charge is 0.493 e. The lowest BCUT2D eigenvalue weighted by Gasteiger charge is -2.13. The van der Waals surface area contributed by atoms with E-state index in [-0.39, 0.29) is 11.8 Å². The Bertz CT molecular complexity index is 1010. The lowest BCUT2D eigenvalue weighted by atomic mass is 10.1. The van der Waals surface area contributed by atoms with E-state index in [1.54, 1.807) is 60.9 Å². The number of nitrogens with zero attached hydrogens (tertiary/aromatic N) is 1. The number of ether oxygens (including phenoxy) is 1. The molecule has 0 atom stereocenters. The number of rotatable bonds is 6. The second kappa shape index (κ2) is 9.32. The minimum Gasteiger partial charge on any atom is -0.493 e. The average Bonchev–Trinajstić information content (AvgIpc) is 2.69. The number of hydrogen-bond acceptors (Lipinski definition) is 4. The summed E-state index contributed by atoms with van der Waals surface area (Å²) in [6.45, 7) is 2.31. The lowest BCUT2D eigenvalue weighted by molar-refractivity contribution is 0.102. The molecule has 6 nitrogen and oxygen atoms in total. The maximum atomic E-state index is 12.8. The lowest BCUT2D eigenvalue weighted by Crippen LogP contribution is -2.19. The Hall–Kier alpha value is -2.94. The number of benzene rings is 2. The molecular formula is C21H18IN3O3. The highest BCUT2D eigenvalue weighted by atomic mass is 127. The number of para-hydroxylation sites is 2. The van der Waals surface area contributed by atoms with Gasteiger partial charge in [0.05, 0.1) is 35.3 Å². The van der Waals surface area contributed by atoms with Gasteiger partial charge in [0.1, 0.15) is 5.75 Å². The van der Waals surface area contributed by atoms with Crippen molar-refractivity contribution in [3.63, 3.8) is 0 Å². The second-order valence-electron chi connectivity index (χ2n) is 5.77. The molecule has 28 heavy (non-hydrogen) atoms. The van der Waals surface area contributed by atoms with E-state index in [0.717, 1.165) is 3.57 Å². The molecule has 0 aliphatic rings. The predicted octanol–water partition coefficient (Wildman–Crippen LogP) is 4.59. The predicted molar refractivity (Wildman–Crippen MR) is 117 cm³/mol. The number of hydrogen-bond donors (Lipinski definition) is 2. The first-order chi connectivity index (χ1) is 13.6. The van der Waals surface area contributed by atoms with Crippen molar-refractivity contribution >= 4 is 45.8 Å². The Balaban J connectivity index is 1.82. The van der Waals surface area contributed by atoms with Gasteiger partial charge >= 0.3 is 0 Å². The van der Waals surface area contributed by atoms with Gasteiger partial charge in [-0.3, -0.25) is 14.6 Å². The van der Waals surface area contributed by atoms with Gasteiger partial charge in [0, 0.05) is 9.77 Å². The summed E-state index contributed by atoms with van der Waals surface area (Å²) in [5.41, 5.74) is 1.75. The van der Waals surface area contributed by atoms with Crippen molar-refractivity contribution in [2.45, 2.75) is 6.92 Å². The first-order valence-corrected chi connectivity index (χ1v) is 9.70. The van der Waals surface area contributed by atoms with Crippen molar-refractivity contribution in [3.8, 4) is 5.75 Å². The maximum Gasteiger partial charge on any atom is 0.259 e. The van der Waals surface area contributed by atoms with Crippen LogP contribution in [0.5, 0.6) is 5.75 Å². The van der Waals surface area contributed by atoms with Crippen molar-refractivity contribution < 1.29 is 14.3 Å². The van der Waals surface area contributed by atoms with E-state index in [2.05, 4.69) is 38.2 Å². The number of aromatic nitrogens is 1. The molecule has 3 rings (SSSR count). The van der Waals surface area contributed by atoms with Crippen molar-refractivity contribution in [2.75, 3.05) is 17.2 Å². The molecule has 1 aromatic heterocycles. The second-order valence-corrected chi connectivity index (χ2v) is 7.02. The van der Waals surface area contributed by atoms with Crippen LogP contribution in [0.15, 0.2) is 67.0 Å². The zero-order valence-corrected chi connectivity index (χ0v) is 17.3. The Morgan fingerprint density at radius 2 is 1.64 bits per heavy atom. The van der Waals surface area contributed by atoms with Crippen LogP contribution in [0.1, 0.15) is 27.6 Å². The molecule has 0 radical (unpaired) electrons. The first kappa shape index (κ1) is 19.8. The van der Waals surface area contributed by atoms with E-state index >= 15 is 0 Å². The molecule has 0 aliphatic carbocycles.